The Labute approximate surface area is 130 Å². The van der Waals surface area contributed by atoms with Crippen molar-refractivity contribution in [1.82, 2.24) is 5.32 Å². The van der Waals surface area contributed by atoms with Gasteiger partial charge in [-0.2, -0.15) is 0 Å². The van der Waals surface area contributed by atoms with E-state index < -0.39 is 18.0 Å². The number of amides is 2. The summed E-state index contributed by atoms with van der Waals surface area (Å²) in [7, 11) is 0. The molecule has 5 nitrogen and oxygen atoms in total. The van der Waals surface area contributed by atoms with E-state index in [1.807, 2.05) is 6.92 Å². The first-order valence-corrected chi connectivity index (χ1v) is 7.34. The summed E-state index contributed by atoms with van der Waals surface area (Å²) in [5.41, 5.74) is 0.528. The van der Waals surface area contributed by atoms with Gasteiger partial charge in [0.15, 0.2) is 0 Å². The summed E-state index contributed by atoms with van der Waals surface area (Å²) < 4.78 is 0.585. The highest BCUT2D eigenvalue weighted by Crippen LogP contribution is 2.29. The molecule has 0 heterocycles. The fraction of sp³-hybridized carbons (Fsp3) is 0.385. The first-order valence-electron chi connectivity index (χ1n) is 6.17. The summed E-state index contributed by atoms with van der Waals surface area (Å²) in [5.74, 6) is -0.937. The molecule has 0 aliphatic heterocycles. The number of halogens is 2. The van der Waals surface area contributed by atoms with E-state index >= 15 is 0 Å². The van der Waals surface area contributed by atoms with Gasteiger partial charge in [-0.3, -0.25) is 4.79 Å². The Morgan fingerprint density at radius 1 is 1.45 bits per heavy atom. The van der Waals surface area contributed by atoms with E-state index in [2.05, 4.69) is 26.6 Å². The minimum absolute atomic E-state index is 0.0992. The number of hydrogen-bond donors (Lipinski definition) is 3. The Morgan fingerprint density at radius 3 is 2.75 bits per heavy atom. The maximum Gasteiger partial charge on any atom is 0.319 e. The van der Waals surface area contributed by atoms with Crippen LogP contribution in [0.25, 0.3) is 0 Å². The van der Waals surface area contributed by atoms with Crippen molar-refractivity contribution in [2.24, 2.45) is 0 Å². The van der Waals surface area contributed by atoms with Gasteiger partial charge in [0.05, 0.1) is 21.6 Å². The van der Waals surface area contributed by atoms with Gasteiger partial charge >= 0.3 is 12.0 Å². The molecule has 110 valence electrons. The standard InChI is InChI=1S/C13H16BrClN2O3/c1-2-4-8(7-11(18)19)16-13(20)17-10-6-3-5-9(15)12(10)14/h3,5-6,8H,2,4,7H2,1H3,(H,18,19)(H2,16,17,20). The number of carbonyl (C=O) groups excluding carboxylic acids is 1. The number of aliphatic carboxylic acids is 1. The lowest BCUT2D eigenvalue weighted by Gasteiger charge is -2.17. The lowest BCUT2D eigenvalue weighted by Crippen LogP contribution is -2.39. The molecule has 20 heavy (non-hydrogen) atoms. The van der Waals surface area contributed by atoms with Crippen molar-refractivity contribution >= 4 is 45.2 Å². The molecule has 2 amide bonds. The lowest BCUT2D eigenvalue weighted by molar-refractivity contribution is -0.137. The molecule has 0 saturated carbocycles. The molecule has 3 N–H and O–H groups in total. The molecule has 0 aromatic heterocycles. The zero-order valence-electron chi connectivity index (χ0n) is 11.0. The summed E-state index contributed by atoms with van der Waals surface area (Å²) in [6.07, 6.45) is 1.30. The van der Waals surface area contributed by atoms with Crippen LogP contribution in [0.15, 0.2) is 22.7 Å². The van der Waals surface area contributed by atoms with E-state index in [1.165, 1.54) is 0 Å². The Kier molecular flexibility index (Phi) is 6.81. The van der Waals surface area contributed by atoms with Gasteiger partial charge in [-0.25, -0.2) is 4.79 Å². The van der Waals surface area contributed by atoms with E-state index in [0.717, 1.165) is 6.42 Å². The molecule has 0 bridgehead atoms. The molecule has 1 atom stereocenters. The van der Waals surface area contributed by atoms with Crippen LogP contribution in [0.4, 0.5) is 10.5 Å². The zero-order chi connectivity index (χ0) is 15.1. The molecular weight excluding hydrogens is 348 g/mol. The van der Waals surface area contributed by atoms with Crippen molar-refractivity contribution in [3.63, 3.8) is 0 Å². The molecule has 1 rings (SSSR count). The van der Waals surface area contributed by atoms with Gasteiger partial charge in [-0.1, -0.05) is 31.0 Å². The number of rotatable bonds is 6. The van der Waals surface area contributed by atoms with Gasteiger partial charge in [-0.05, 0) is 34.5 Å². The molecule has 1 unspecified atom stereocenters. The summed E-state index contributed by atoms with van der Waals surface area (Å²) >= 11 is 9.20. The van der Waals surface area contributed by atoms with Crippen LogP contribution in [0.3, 0.4) is 0 Å². The predicted octanol–water partition coefficient (Wildman–Crippen LogP) is 3.87. The zero-order valence-corrected chi connectivity index (χ0v) is 13.3. The van der Waals surface area contributed by atoms with Crippen LogP contribution in [0.1, 0.15) is 26.2 Å². The second-order valence-electron chi connectivity index (χ2n) is 4.28. The molecular formula is C13H16BrClN2O3. The smallest absolute Gasteiger partial charge is 0.319 e. The predicted molar refractivity (Wildman–Crippen MR) is 82.3 cm³/mol. The lowest BCUT2D eigenvalue weighted by atomic mass is 10.1. The number of carboxylic acids is 1. The van der Waals surface area contributed by atoms with Crippen molar-refractivity contribution < 1.29 is 14.7 Å². The quantitative estimate of drug-likeness (QED) is 0.718. The van der Waals surface area contributed by atoms with Crippen molar-refractivity contribution in [2.45, 2.75) is 32.2 Å². The van der Waals surface area contributed by atoms with Crippen LogP contribution in [0.5, 0.6) is 0 Å². The maximum atomic E-state index is 11.9. The fourth-order valence-electron chi connectivity index (χ4n) is 1.73. The molecule has 0 fully saturated rings. The van der Waals surface area contributed by atoms with E-state index in [4.69, 9.17) is 16.7 Å². The number of hydrogen-bond acceptors (Lipinski definition) is 2. The van der Waals surface area contributed by atoms with Crippen molar-refractivity contribution in [3.8, 4) is 0 Å². The summed E-state index contributed by atoms with van der Waals surface area (Å²) in [6, 6.07) is 4.26. The average Bonchev–Trinajstić information content (AvgIpc) is 2.34. The van der Waals surface area contributed by atoms with E-state index in [9.17, 15) is 9.59 Å². The van der Waals surface area contributed by atoms with Gasteiger partial charge in [0.25, 0.3) is 0 Å². The summed E-state index contributed by atoms with van der Waals surface area (Å²) in [4.78, 5) is 22.6. The largest absolute Gasteiger partial charge is 0.481 e. The highest BCUT2D eigenvalue weighted by molar-refractivity contribution is 9.10. The maximum absolute atomic E-state index is 11.9. The molecule has 0 saturated heterocycles. The fourth-order valence-corrected chi connectivity index (χ4v) is 2.27. The minimum Gasteiger partial charge on any atom is -0.481 e. The monoisotopic (exact) mass is 362 g/mol. The van der Waals surface area contributed by atoms with E-state index in [0.29, 0.717) is 21.6 Å². The Bertz CT molecular complexity index is 497. The van der Waals surface area contributed by atoms with Crippen LogP contribution in [0.2, 0.25) is 5.02 Å². The molecule has 1 aromatic rings. The number of carboxylic acid groups (broad SMARTS) is 1. The number of urea groups is 1. The number of anilines is 1. The number of benzene rings is 1. The summed E-state index contributed by atoms with van der Waals surface area (Å²) in [6.45, 7) is 1.93. The van der Waals surface area contributed by atoms with Gasteiger partial charge in [0.1, 0.15) is 0 Å². The molecule has 0 aliphatic rings. The molecule has 0 spiro atoms. The van der Waals surface area contributed by atoms with Gasteiger partial charge in [0.2, 0.25) is 0 Å². The van der Waals surface area contributed by atoms with Gasteiger partial charge in [-0.15, -0.1) is 0 Å². The number of carbonyl (C=O) groups is 2. The van der Waals surface area contributed by atoms with Crippen molar-refractivity contribution in [1.29, 1.82) is 0 Å². The molecule has 0 radical (unpaired) electrons. The first-order chi connectivity index (χ1) is 9.43. The highest BCUT2D eigenvalue weighted by Gasteiger charge is 2.16. The van der Waals surface area contributed by atoms with E-state index in [-0.39, 0.29) is 6.42 Å². The third-order valence-electron chi connectivity index (χ3n) is 2.59. The Hall–Kier alpha value is -1.27. The van der Waals surface area contributed by atoms with Crippen LogP contribution >= 0.6 is 27.5 Å². The molecule has 0 aliphatic carbocycles. The first kappa shape index (κ1) is 16.8. The Balaban J connectivity index is 2.65. The topological polar surface area (TPSA) is 78.4 Å². The van der Waals surface area contributed by atoms with Gasteiger partial charge < -0.3 is 15.7 Å². The normalized spacial score (nSPS) is 11.8. The van der Waals surface area contributed by atoms with Crippen LogP contribution in [0, 0.1) is 0 Å². The third kappa shape index (κ3) is 5.38. The average molecular weight is 364 g/mol. The molecule has 7 heteroatoms. The second kappa shape index (κ2) is 8.11. The van der Waals surface area contributed by atoms with Crippen molar-refractivity contribution in [2.75, 3.05) is 5.32 Å². The van der Waals surface area contributed by atoms with Crippen LogP contribution < -0.4 is 10.6 Å². The SMILES string of the molecule is CCCC(CC(=O)O)NC(=O)Nc1cccc(Cl)c1Br. The van der Waals surface area contributed by atoms with E-state index in [1.54, 1.807) is 18.2 Å². The second-order valence-corrected chi connectivity index (χ2v) is 5.48. The summed E-state index contributed by atoms with van der Waals surface area (Å²) in [5, 5.41) is 14.6. The Morgan fingerprint density at radius 2 is 2.15 bits per heavy atom. The number of nitrogens with one attached hydrogen (secondary N) is 2. The minimum atomic E-state index is -0.937. The highest BCUT2D eigenvalue weighted by atomic mass is 79.9. The van der Waals surface area contributed by atoms with Gasteiger partial charge in [0, 0.05) is 6.04 Å². The molecule has 1 aromatic carbocycles. The van der Waals surface area contributed by atoms with Crippen LogP contribution in [-0.4, -0.2) is 23.1 Å². The van der Waals surface area contributed by atoms with Crippen molar-refractivity contribution in [3.05, 3.63) is 27.7 Å². The van der Waals surface area contributed by atoms with Crippen LogP contribution in [-0.2, 0) is 4.79 Å². The third-order valence-corrected chi connectivity index (χ3v) is 3.99.